The van der Waals surface area contributed by atoms with Gasteiger partial charge in [-0.3, -0.25) is 9.89 Å². The average molecular weight is 372 g/mol. The van der Waals surface area contributed by atoms with E-state index in [0.29, 0.717) is 29.3 Å². The number of aromatic amines is 1. The van der Waals surface area contributed by atoms with E-state index in [-0.39, 0.29) is 11.5 Å². The molecule has 10 heteroatoms. The second kappa shape index (κ2) is 7.77. The van der Waals surface area contributed by atoms with E-state index in [0.717, 1.165) is 6.42 Å². The molecule has 0 radical (unpaired) electrons. The van der Waals surface area contributed by atoms with Crippen LogP contribution in [-0.4, -0.2) is 39.8 Å². The lowest BCUT2D eigenvalue weighted by Crippen LogP contribution is -2.28. The molecule has 142 valence electrons. The third-order valence-electron chi connectivity index (χ3n) is 3.89. The number of hydrogen-bond acceptors (Lipinski definition) is 6. The maximum atomic E-state index is 12.7. The number of methoxy groups -OCH3 is 2. The van der Waals surface area contributed by atoms with Crippen LogP contribution in [0.2, 0.25) is 0 Å². The highest BCUT2D eigenvalue weighted by Gasteiger charge is 2.17. The molecule has 3 rings (SSSR count). The van der Waals surface area contributed by atoms with Gasteiger partial charge in [-0.05, 0) is 18.6 Å². The summed E-state index contributed by atoms with van der Waals surface area (Å²) in [6.45, 7) is 1.96. The second-order valence-electron chi connectivity index (χ2n) is 5.66. The van der Waals surface area contributed by atoms with Crippen LogP contribution >= 0.6 is 0 Å². The first-order valence-corrected chi connectivity index (χ1v) is 8.32. The molecule has 0 bridgehead atoms. The van der Waals surface area contributed by atoms with E-state index in [1.165, 1.54) is 25.1 Å². The molecule has 0 unspecified atom stereocenters. The summed E-state index contributed by atoms with van der Waals surface area (Å²) in [6.07, 6.45) is 2.65. The number of aromatic nitrogens is 4. The number of anilines is 2. The normalized spacial score (nSPS) is 10.6. The zero-order valence-corrected chi connectivity index (χ0v) is 15.2. The predicted octanol–water partition coefficient (Wildman–Crippen LogP) is 2.03. The van der Waals surface area contributed by atoms with Crippen molar-refractivity contribution in [1.29, 1.82) is 0 Å². The Morgan fingerprint density at radius 3 is 2.78 bits per heavy atom. The molecule has 2 aromatic heterocycles. The number of amides is 2. The van der Waals surface area contributed by atoms with Gasteiger partial charge in [-0.25, -0.2) is 14.8 Å². The van der Waals surface area contributed by atoms with Gasteiger partial charge in [0.1, 0.15) is 23.5 Å². The molecule has 0 saturated heterocycles. The monoisotopic (exact) mass is 372 g/mol. The molecule has 0 spiro atoms. The minimum atomic E-state index is -0.600. The molecular formula is C17H20N6O4. The van der Waals surface area contributed by atoms with Crippen molar-refractivity contribution in [2.75, 3.05) is 24.9 Å². The Balaban J connectivity index is 1.91. The van der Waals surface area contributed by atoms with E-state index in [9.17, 15) is 9.59 Å². The first kappa shape index (κ1) is 18.2. The Labute approximate surface area is 154 Å². The van der Waals surface area contributed by atoms with Crippen LogP contribution in [0.3, 0.4) is 0 Å². The van der Waals surface area contributed by atoms with E-state index in [4.69, 9.17) is 9.47 Å². The van der Waals surface area contributed by atoms with Crippen molar-refractivity contribution < 1.29 is 14.3 Å². The van der Waals surface area contributed by atoms with Gasteiger partial charge in [0.25, 0.3) is 11.3 Å². The van der Waals surface area contributed by atoms with Crippen LogP contribution in [0.25, 0.3) is 5.78 Å². The van der Waals surface area contributed by atoms with E-state index >= 15 is 0 Å². The Morgan fingerprint density at radius 2 is 2.07 bits per heavy atom. The number of hydrogen-bond donors (Lipinski definition) is 3. The summed E-state index contributed by atoms with van der Waals surface area (Å²) in [7, 11) is 3.02. The van der Waals surface area contributed by atoms with Crippen molar-refractivity contribution in [3.63, 3.8) is 0 Å². The van der Waals surface area contributed by atoms with E-state index in [1.807, 2.05) is 6.92 Å². The fraction of sp³-hybridized carbons (Fsp3) is 0.294. The van der Waals surface area contributed by atoms with Crippen LogP contribution < -0.4 is 25.7 Å². The molecule has 3 aromatic rings. The smallest absolute Gasteiger partial charge is 0.323 e. The highest BCUT2D eigenvalue weighted by Crippen LogP contribution is 2.29. The maximum Gasteiger partial charge on any atom is 0.323 e. The number of carbonyl (C=O) groups excluding carboxylic acids is 1. The first-order valence-electron chi connectivity index (χ1n) is 8.32. The van der Waals surface area contributed by atoms with E-state index in [1.54, 1.807) is 18.2 Å². The van der Waals surface area contributed by atoms with E-state index in [2.05, 4.69) is 25.7 Å². The van der Waals surface area contributed by atoms with Crippen molar-refractivity contribution >= 4 is 23.2 Å². The number of aryl methyl sites for hydroxylation is 1. The summed E-state index contributed by atoms with van der Waals surface area (Å²) in [4.78, 5) is 33.5. The van der Waals surface area contributed by atoms with Crippen LogP contribution in [0.1, 0.15) is 19.0 Å². The third kappa shape index (κ3) is 3.68. The predicted molar refractivity (Wildman–Crippen MR) is 99.8 cm³/mol. The third-order valence-corrected chi connectivity index (χ3v) is 3.89. The summed E-state index contributed by atoms with van der Waals surface area (Å²) in [5.74, 6) is 1.26. The van der Waals surface area contributed by atoms with Crippen LogP contribution in [0, 0.1) is 0 Å². The minimum Gasteiger partial charge on any atom is -0.497 e. The Bertz CT molecular complexity index is 1030. The number of nitrogens with zero attached hydrogens (tertiary/aromatic N) is 3. The van der Waals surface area contributed by atoms with Crippen molar-refractivity contribution in [1.82, 2.24) is 19.6 Å². The molecule has 1 aromatic carbocycles. The van der Waals surface area contributed by atoms with Crippen LogP contribution in [0.4, 0.5) is 16.2 Å². The summed E-state index contributed by atoms with van der Waals surface area (Å²) in [6, 6.07) is 4.40. The summed E-state index contributed by atoms with van der Waals surface area (Å²) in [5, 5.41) is 7.94. The fourth-order valence-corrected chi connectivity index (χ4v) is 2.62. The number of rotatable bonds is 6. The van der Waals surface area contributed by atoms with Crippen LogP contribution in [-0.2, 0) is 6.42 Å². The van der Waals surface area contributed by atoms with Gasteiger partial charge in [-0.1, -0.05) is 13.3 Å². The van der Waals surface area contributed by atoms with Crippen LogP contribution in [0.5, 0.6) is 11.5 Å². The van der Waals surface area contributed by atoms with E-state index < -0.39 is 11.6 Å². The molecule has 0 aliphatic heterocycles. The van der Waals surface area contributed by atoms with Crippen LogP contribution in [0.15, 0.2) is 29.3 Å². The zero-order valence-electron chi connectivity index (χ0n) is 15.2. The highest BCUT2D eigenvalue weighted by molar-refractivity contribution is 6.01. The molecule has 0 fully saturated rings. The van der Waals surface area contributed by atoms with Gasteiger partial charge in [-0.15, -0.1) is 0 Å². The topological polar surface area (TPSA) is 123 Å². The molecular weight excluding hydrogens is 352 g/mol. The van der Waals surface area contributed by atoms with Crippen molar-refractivity contribution in [3.8, 4) is 11.5 Å². The minimum absolute atomic E-state index is 0.0953. The fourth-order valence-electron chi connectivity index (χ4n) is 2.62. The largest absolute Gasteiger partial charge is 0.497 e. The highest BCUT2D eigenvalue weighted by atomic mass is 16.5. The van der Waals surface area contributed by atoms with Gasteiger partial charge in [0.05, 0.1) is 25.6 Å². The van der Waals surface area contributed by atoms with Crippen molar-refractivity contribution in [3.05, 3.63) is 40.6 Å². The number of ether oxygens (including phenoxy) is 2. The lowest BCUT2D eigenvalue weighted by molar-refractivity contribution is 0.262. The number of carbonyl (C=O) groups is 1. The van der Waals surface area contributed by atoms with Crippen molar-refractivity contribution in [2.24, 2.45) is 0 Å². The summed E-state index contributed by atoms with van der Waals surface area (Å²) >= 11 is 0. The molecule has 27 heavy (non-hydrogen) atoms. The molecule has 2 amide bonds. The average Bonchev–Trinajstić information content (AvgIpc) is 3.13. The van der Waals surface area contributed by atoms with Gasteiger partial charge in [-0.2, -0.15) is 4.52 Å². The molecule has 10 nitrogen and oxygen atoms in total. The van der Waals surface area contributed by atoms with Gasteiger partial charge < -0.3 is 20.1 Å². The second-order valence-corrected chi connectivity index (χ2v) is 5.66. The molecule has 2 heterocycles. The molecule has 3 N–H and O–H groups in total. The molecule has 0 atom stereocenters. The Kier molecular flexibility index (Phi) is 5.25. The number of nitrogens with one attached hydrogen (secondary N) is 3. The Hall–Kier alpha value is -3.56. The number of benzene rings is 1. The number of H-pyrrole nitrogens is 1. The maximum absolute atomic E-state index is 12.7. The SMILES string of the molecule is CCCc1nc2nc[nH]n2c(=O)c1NC(=O)Nc1cc(OC)ccc1OC. The Morgan fingerprint density at radius 1 is 1.26 bits per heavy atom. The number of fused-ring (bicyclic) bond motifs is 1. The summed E-state index contributed by atoms with van der Waals surface area (Å²) < 4.78 is 11.6. The number of urea groups is 1. The summed E-state index contributed by atoms with van der Waals surface area (Å²) in [5.41, 5.74) is 0.538. The molecule has 0 aliphatic carbocycles. The molecule has 0 aliphatic rings. The zero-order chi connectivity index (χ0) is 19.4. The van der Waals surface area contributed by atoms with Gasteiger partial charge >= 0.3 is 6.03 Å². The standard InChI is InChI=1S/C17H20N6O4/c1-4-5-11-14(15(24)23-16(20-11)18-9-19-23)22-17(25)21-12-8-10(26-2)6-7-13(12)27-3/h6-9H,4-5H2,1-3H3,(H,18,19,20)(H2,21,22,25). The lowest BCUT2D eigenvalue weighted by Gasteiger charge is -2.13. The van der Waals surface area contributed by atoms with Gasteiger partial charge in [0.2, 0.25) is 0 Å². The lowest BCUT2D eigenvalue weighted by atomic mass is 10.2. The van der Waals surface area contributed by atoms with Gasteiger partial charge in [0, 0.05) is 6.07 Å². The quantitative estimate of drug-likeness (QED) is 0.608. The van der Waals surface area contributed by atoms with Gasteiger partial charge in [0.15, 0.2) is 0 Å². The first-order chi connectivity index (χ1) is 13.1. The van der Waals surface area contributed by atoms with Crippen molar-refractivity contribution in [2.45, 2.75) is 19.8 Å². The molecule has 0 saturated carbocycles.